The maximum atomic E-state index is 13.3. The Kier molecular flexibility index (Phi) is 5.21. The van der Waals surface area contributed by atoms with Crippen LogP contribution in [0.25, 0.3) is 0 Å². The predicted octanol–water partition coefficient (Wildman–Crippen LogP) is 1.50. The van der Waals surface area contributed by atoms with Gasteiger partial charge in [-0.05, 0) is 0 Å². The second-order valence-electron chi connectivity index (χ2n) is 6.20. The van der Waals surface area contributed by atoms with Crippen molar-refractivity contribution in [1.82, 2.24) is 0 Å². The first-order valence-corrected chi connectivity index (χ1v) is 11.9. The quantitative estimate of drug-likeness (QED) is 0.422. The van der Waals surface area contributed by atoms with Gasteiger partial charge < -0.3 is 0 Å². The fraction of sp³-hybridized carbons (Fsp3) is 0. The third-order valence-electron chi connectivity index (χ3n) is 4.24. The summed E-state index contributed by atoms with van der Waals surface area (Å²) in [6.07, 6.45) is 0. The Morgan fingerprint density at radius 2 is 0.893 bits per heavy atom. The summed E-state index contributed by atoms with van der Waals surface area (Å²) in [6.45, 7) is 0. The molecule has 0 heterocycles. The molecule has 3 aromatic rings. The summed E-state index contributed by atoms with van der Waals surface area (Å²) >= 11 is -0.558. The summed E-state index contributed by atoms with van der Waals surface area (Å²) in [4.78, 5) is 26.5. The van der Waals surface area contributed by atoms with Gasteiger partial charge in [0.25, 0.3) is 0 Å². The minimum atomic E-state index is -0.279. The van der Waals surface area contributed by atoms with E-state index in [0.29, 0.717) is 31.4 Å². The molecule has 0 aromatic heterocycles. The van der Waals surface area contributed by atoms with E-state index in [0.717, 1.165) is 8.92 Å². The summed E-state index contributed by atoms with van der Waals surface area (Å²) in [5, 5.41) is 0. The molecule has 0 saturated heterocycles. The van der Waals surface area contributed by atoms with Gasteiger partial charge in [0.2, 0.25) is 0 Å². The van der Waals surface area contributed by atoms with Crippen molar-refractivity contribution in [1.29, 1.82) is 0 Å². The Bertz CT molecular complexity index is 1020. The standard InChI is InChI=1S/C22H16N2O2Se2/c23-13-5-9-15(10-6-13)27-21-19(25)17-3-1-2-4-18(17)20(26)22(21)28-16-11-7-14(24)8-12-16/h1-12H,23-24H2. The molecule has 6 heteroatoms. The number of anilines is 2. The molecule has 0 radical (unpaired) electrons. The number of carbonyl (C=O) groups is 2. The van der Waals surface area contributed by atoms with Gasteiger partial charge >= 0.3 is 176 Å². The molecule has 0 atom stereocenters. The van der Waals surface area contributed by atoms with Crippen molar-refractivity contribution >= 4 is 61.8 Å². The van der Waals surface area contributed by atoms with Crippen LogP contribution in [0.4, 0.5) is 11.4 Å². The fourth-order valence-electron chi connectivity index (χ4n) is 2.82. The molecule has 0 unspecified atom stereocenters. The van der Waals surface area contributed by atoms with E-state index in [1.54, 1.807) is 24.3 Å². The number of allylic oxidation sites excluding steroid dienone is 2. The number of fused-ring (bicyclic) bond motifs is 1. The Balaban J connectivity index is 1.80. The van der Waals surface area contributed by atoms with Crippen LogP contribution < -0.4 is 20.4 Å². The summed E-state index contributed by atoms with van der Waals surface area (Å²) in [5.74, 6) is -0.0845. The third-order valence-corrected chi connectivity index (χ3v) is 9.51. The van der Waals surface area contributed by atoms with E-state index < -0.39 is 0 Å². The molecule has 0 bridgehead atoms. The number of benzene rings is 3. The topological polar surface area (TPSA) is 86.2 Å². The van der Waals surface area contributed by atoms with Crippen molar-refractivity contribution in [3.63, 3.8) is 0 Å². The summed E-state index contributed by atoms with van der Waals surface area (Å²) in [5.41, 5.74) is 13.9. The van der Waals surface area contributed by atoms with Crippen molar-refractivity contribution in [2.45, 2.75) is 0 Å². The molecule has 3 aromatic carbocycles. The van der Waals surface area contributed by atoms with Crippen LogP contribution in [0.1, 0.15) is 20.7 Å². The molecule has 28 heavy (non-hydrogen) atoms. The molecular weight excluding hydrogens is 482 g/mol. The summed E-state index contributed by atoms with van der Waals surface area (Å²) in [7, 11) is 0. The Morgan fingerprint density at radius 1 is 0.536 bits per heavy atom. The molecule has 1 aliphatic rings. The van der Waals surface area contributed by atoms with Crippen LogP contribution in [0.15, 0.2) is 81.7 Å². The van der Waals surface area contributed by atoms with Crippen molar-refractivity contribution in [3.8, 4) is 0 Å². The third kappa shape index (κ3) is 3.68. The summed E-state index contributed by atoms with van der Waals surface area (Å²) < 4.78 is 3.31. The van der Waals surface area contributed by atoms with E-state index in [2.05, 4.69) is 0 Å². The number of ketones is 2. The second-order valence-corrected chi connectivity index (χ2v) is 10.8. The molecule has 4 nitrogen and oxygen atoms in total. The minimum absolute atomic E-state index is 0.0423. The van der Waals surface area contributed by atoms with Gasteiger partial charge in [0.15, 0.2) is 0 Å². The molecule has 0 aliphatic heterocycles. The van der Waals surface area contributed by atoms with Gasteiger partial charge in [0, 0.05) is 0 Å². The van der Waals surface area contributed by atoms with Crippen LogP contribution in [-0.4, -0.2) is 41.5 Å². The predicted molar refractivity (Wildman–Crippen MR) is 115 cm³/mol. The number of carbonyl (C=O) groups excluding carboxylic acids is 2. The maximum absolute atomic E-state index is 13.3. The van der Waals surface area contributed by atoms with Crippen molar-refractivity contribution < 1.29 is 9.59 Å². The average Bonchev–Trinajstić information content (AvgIpc) is 2.71. The Labute approximate surface area is 175 Å². The fourth-order valence-corrected chi connectivity index (χ4v) is 7.49. The number of rotatable bonds is 4. The number of hydrogen-bond donors (Lipinski definition) is 2. The average molecular weight is 498 g/mol. The zero-order chi connectivity index (χ0) is 19.7. The van der Waals surface area contributed by atoms with Gasteiger partial charge in [-0.1, -0.05) is 0 Å². The van der Waals surface area contributed by atoms with E-state index in [-0.39, 0.29) is 41.5 Å². The van der Waals surface area contributed by atoms with Crippen LogP contribution in [0.5, 0.6) is 0 Å². The van der Waals surface area contributed by atoms with E-state index in [1.807, 2.05) is 48.5 Å². The van der Waals surface area contributed by atoms with Crippen LogP contribution >= 0.6 is 0 Å². The van der Waals surface area contributed by atoms with Crippen LogP contribution in [0.2, 0.25) is 0 Å². The zero-order valence-electron chi connectivity index (χ0n) is 14.7. The first-order chi connectivity index (χ1) is 13.5. The zero-order valence-corrected chi connectivity index (χ0v) is 18.1. The van der Waals surface area contributed by atoms with Gasteiger partial charge in [-0.15, -0.1) is 0 Å². The molecule has 0 amide bonds. The molecule has 0 fully saturated rings. The normalized spacial score (nSPS) is 13.6. The van der Waals surface area contributed by atoms with Crippen LogP contribution in [0, 0.1) is 0 Å². The molecule has 4 N–H and O–H groups in total. The first-order valence-electron chi connectivity index (χ1n) is 8.52. The molecular formula is C22H16N2O2Se2. The Hall–Kier alpha value is -2.62. The molecule has 0 saturated carbocycles. The van der Waals surface area contributed by atoms with Crippen LogP contribution in [-0.2, 0) is 0 Å². The van der Waals surface area contributed by atoms with E-state index >= 15 is 0 Å². The van der Waals surface area contributed by atoms with Crippen molar-refractivity contribution in [2.75, 3.05) is 11.5 Å². The number of hydrogen-bond acceptors (Lipinski definition) is 4. The van der Waals surface area contributed by atoms with Crippen LogP contribution in [0.3, 0.4) is 0 Å². The first kappa shape index (κ1) is 18.7. The van der Waals surface area contributed by atoms with Gasteiger partial charge in [-0.3, -0.25) is 0 Å². The number of nitrogen functional groups attached to an aromatic ring is 2. The van der Waals surface area contributed by atoms with E-state index in [1.165, 1.54) is 0 Å². The van der Waals surface area contributed by atoms with E-state index in [4.69, 9.17) is 11.5 Å². The van der Waals surface area contributed by atoms with Gasteiger partial charge in [0.05, 0.1) is 0 Å². The van der Waals surface area contributed by atoms with Crippen molar-refractivity contribution in [2.24, 2.45) is 0 Å². The Morgan fingerprint density at radius 3 is 1.25 bits per heavy atom. The van der Waals surface area contributed by atoms with Gasteiger partial charge in [-0.2, -0.15) is 0 Å². The molecule has 4 rings (SSSR count). The number of Topliss-reactive ketones (excluding diaryl/α,β-unsaturated/α-hetero) is 2. The molecule has 138 valence electrons. The van der Waals surface area contributed by atoms with Gasteiger partial charge in [-0.25, -0.2) is 0 Å². The van der Waals surface area contributed by atoms with E-state index in [9.17, 15) is 9.59 Å². The van der Waals surface area contributed by atoms with Gasteiger partial charge in [0.1, 0.15) is 0 Å². The monoisotopic (exact) mass is 500 g/mol. The molecule has 0 spiro atoms. The molecule has 1 aliphatic carbocycles. The van der Waals surface area contributed by atoms with Crippen molar-refractivity contribution in [3.05, 3.63) is 92.9 Å². The SMILES string of the molecule is Nc1ccc([Se]C2=C([Se]c3ccc(N)cc3)C(=O)c3ccccc3C2=O)cc1. The summed E-state index contributed by atoms with van der Waals surface area (Å²) in [6, 6.07) is 22.1. The second kappa shape index (κ2) is 7.78. The number of nitrogens with two attached hydrogens (primary N) is 2.